The van der Waals surface area contributed by atoms with Crippen molar-refractivity contribution < 1.29 is 19.8 Å². The third kappa shape index (κ3) is 4.11. The third-order valence-corrected chi connectivity index (χ3v) is 2.39. The van der Waals surface area contributed by atoms with Crippen molar-refractivity contribution in [1.82, 2.24) is 5.32 Å². The van der Waals surface area contributed by atoms with E-state index in [1.165, 1.54) is 29.2 Å². The molecule has 0 atom stereocenters. The van der Waals surface area contributed by atoms with Crippen LogP contribution in [-0.2, 0) is 0 Å². The first kappa shape index (κ1) is 14.7. The number of carbonyl (C=O) groups excluding carboxylic acids is 1. The summed E-state index contributed by atoms with van der Waals surface area (Å²) in [6.07, 6.45) is 1.54. The summed E-state index contributed by atoms with van der Waals surface area (Å²) >= 11 is 0. The van der Waals surface area contributed by atoms with Crippen molar-refractivity contribution >= 4 is 17.7 Å². The lowest BCUT2D eigenvalue weighted by Crippen LogP contribution is -2.41. The number of carboxylic acids is 1. The summed E-state index contributed by atoms with van der Waals surface area (Å²) in [5, 5.41) is 20.4. The molecule has 102 valence electrons. The Morgan fingerprint density at radius 1 is 1.32 bits per heavy atom. The van der Waals surface area contributed by atoms with Crippen LogP contribution in [0.2, 0.25) is 0 Å². The summed E-state index contributed by atoms with van der Waals surface area (Å²) in [7, 11) is 0. The van der Waals surface area contributed by atoms with Gasteiger partial charge in [0.05, 0.1) is 18.7 Å². The first-order valence-electron chi connectivity index (χ1n) is 5.70. The highest BCUT2D eigenvalue weighted by Gasteiger charge is 2.14. The Bertz CT molecular complexity index is 456. The van der Waals surface area contributed by atoms with Crippen LogP contribution in [0.4, 0.5) is 10.5 Å². The summed E-state index contributed by atoms with van der Waals surface area (Å²) in [5.74, 6) is -1.03. The average Bonchev–Trinajstić information content (AvgIpc) is 2.42. The fourth-order valence-corrected chi connectivity index (χ4v) is 1.49. The van der Waals surface area contributed by atoms with Gasteiger partial charge in [-0.15, -0.1) is 6.58 Å². The van der Waals surface area contributed by atoms with Gasteiger partial charge in [0.1, 0.15) is 0 Å². The van der Waals surface area contributed by atoms with E-state index >= 15 is 0 Å². The average molecular weight is 264 g/mol. The minimum Gasteiger partial charge on any atom is -0.478 e. The second-order valence-corrected chi connectivity index (χ2v) is 3.70. The highest BCUT2D eigenvalue weighted by molar-refractivity contribution is 5.93. The predicted octanol–water partition coefficient (Wildman–Crippen LogP) is 1.08. The van der Waals surface area contributed by atoms with Gasteiger partial charge in [0.15, 0.2) is 0 Å². The molecule has 6 nitrogen and oxygen atoms in total. The molecule has 3 N–H and O–H groups in total. The molecule has 0 aliphatic rings. The molecule has 0 radical (unpaired) electrons. The lowest BCUT2D eigenvalue weighted by Gasteiger charge is -2.22. The molecule has 0 spiro atoms. The number of anilines is 1. The maximum absolute atomic E-state index is 11.9. The van der Waals surface area contributed by atoms with E-state index in [0.29, 0.717) is 12.2 Å². The number of carboxylic acid groups (broad SMARTS) is 1. The van der Waals surface area contributed by atoms with Crippen molar-refractivity contribution in [2.45, 2.75) is 0 Å². The van der Waals surface area contributed by atoms with Gasteiger partial charge in [0.2, 0.25) is 0 Å². The van der Waals surface area contributed by atoms with Crippen LogP contribution in [0.15, 0.2) is 36.9 Å². The molecule has 0 aromatic heterocycles. The fraction of sp³-hybridized carbons (Fsp3) is 0.231. The minimum atomic E-state index is -1.03. The monoisotopic (exact) mass is 264 g/mol. The zero-order valence-corrected chi connectivity index (χ0v) is 10.4. The lowest BCUT2D eigenvalue weighted by molar-refractivity contribution is 0.0697. The van der Waals surface area contributed by atoms with Gasteiger partial charge in [-0.1, -0.05) is 6.08 Å². The van der Waals surface area contributed by atoms with E-state index in [0.717, 1.165) is 0 Å². The number of rotatable bonds is 6. The normalized spacial score (nSPS) is 9.74. The van der Waals surface area contributed by atoms with Gasteiger partial charge < -0.3 is 15.5 Å². The predicted molar refractivity (Wildman–Crippen MR) is 71.4 cm³/mol. The third-order valence-electron chi connectivity index (χ3n) is 2.39. The standard InChI is InChI=1S/C13H16N2O4/c1-2-7-14-13(19)15(8-9-16)11-5-3-10(4-6-11)12(17)18/h2-6,16H,1,7-9H2,(H,14,19)(H,17,18). The Hall–Kier alpha value is -2.34. The molecule has 0 fully saturated rings. The summed E-state index contributed by atoms with van der Waals surface area (Å²) in [6, 6.07) is 5.47. The Labute approximate surface area is 111 Å². The Balaban J connectivity index is 2.88. The van der Waals surface area contributed by atoms with E-state index in [9.17, 15) is 9.59 Å². The molecule has 0 bridgehead atoms. The van der Waals surface area contributed by atoms with Gasteiger partial charge in [-0.25, -0.2) is 9.59 Å². The molecule has 0 saturated carbocycles. The van der Waals surface area contributed by atoms with E-state index in [2.05, 4.69) is 11.9 Å². The van der Waals surface area contributed by atoms with Crippen LogP contribution in [0.5, 0.6) is 0 Å². The number of aromatic carboxylic acids is 1. The van der Waals surface area contributed by atoms with E-state index < -0.39 is 5.97 Å². The van der Waals surface area contributed by atoms with Crippen molar-refractivity contribution in [3.63, 3.8) is 0 Å². The van der Waals surface area contributed by atoms with E-state index in [4.69, 9.17) is 10.2 Å². The number of benzene rings is 1. The molecule has 19 heavy (non-hydrogen) atoms. The number of aliphatic hydroxyl groups is 1. The molecule has 0 heterocycles. The number of carbonyl (C=O) groups is 2. The number of nitrogens with one attached hydrogen (secondary N) is 1. The minimum absolute atomic E-state index is 0.120. The zero-order valence-electron chi connectivity index (χ0n) is 10.4. The van der Waals surface area contributed by atoms with Crippen LogP contribution in [0, 0.1) is 0 Å². The number of hydrogen-bond acceptors (Lipinski definition) is 3. The van der Waals surface area contributed by atoms with Crippen LogP contribution in [0.1, 0.15) is 10.4 Å². The topological polar surface area (TPSA) is 89.9 Å². The highest BCUT2D eigenvalue weighted by atomic mass is 16.4. The number of nitrogens with zero attached hydrogens (tertiary/aromatic N) is 1. The molecule has 1 rings (SSSR count). The quantitative estimate of drug-likeness (QED) is 0.671. The van der Waals surface area contributed by atoms with Crippen LogP contribution < -0.4 is 10.2 Å². The summed E-state index contributed by atoms with van der Waals surface area (Å²) in [4.78, 5) is 23.9. The van der Waals surface area contributed by atoms with E-state index in [1.807, 2.05) is 0 Å². The molecule has 0 aliphatic heterocycles. The number of urea groups is 1. The van der Waals surface area contributed by atoms with Crippen LogP contribution in [0.25, 0.3) is 0 Å². The van der Waals surface area contributed by atoms with Crippen molar-refractivity contribution in [2.24, 2.45) is 0 Å². The first-order valence-corrected chi connectivity index (χ1v) is 5.70. The highest BCUT2D eigenvalue weighted by Crippen LogP contribution is 2.15. The number of aliphatic hydroxyl groups excluding tert-OH is 1. The van der Waals surface area contributed by atoms with Gasteiger partial charge >= 0.3 is 12.0 Å². The number of amides is 2. The second-order valence-electron chi connectivity index (χ2n) is 3.70. The molecule has 2 amide bonds. The maximum atomic E-state index is 11.9. The molecular weight excluding hydrogens is 248 g/mol. The van der Waals surface area contributed by atoms with Crippen LogP contribution >= 0.6 is 0 Å². The fourth-order valence-electron chi connectivity index (χ4n) is 1.49. The number of hydrogen-bond donors (Lipinski definition) is 3. The van der Waals surface area contributed by atoms with E-state index in [-0.39, 0.29) is 24.7 Å². The SMILES string of the molecule is C=CCNC(=O)N(CCO)c1ccc(C(=O)O)cc1. The Kier molecular flexibility index (Phi) is 5.56. The molecule has 0 aliphatic carbocycles. The van der Waals surface area contributed by atoms with Crippen LogP contribution in [-0.4, -0.2) is 41.9 Å². The Morgan fingerprint density at radius 3 is 2.42 bits per heavy atom. The second kappa shape index (κ2) is 7.17. The van der Waals surface area contributed by atoms with Crippen LogP contribution in [0.3, 0.4) is 0 Å². The van der Waals surface area contributed by atoms with Gasteiger partial charge in [0, 0.05) is 12.2 Å². The molecule has 1 aromatic rings. The van der Waals surface area contributed by atoms with Crippen molar-refractivity contribution in [3.05, 3.63) is 42.5 Å². The maximum Gasteiger partial charge on any atom is 0.335 e. The zero-order chi connectivity index (χ0) is 14.3. The van der Waals surface area contributed by atoms with Crippen molar-refractivity contribution in [3.8, 4) is 0 Å². The van der Waals surface area contributed by atoms with Gasteiger partial charge in [0.25, 0.3) is 0 Å². The smallest absolute Gasteiger partial charge is 0.335 e. The van der Waals surface area contributed by atoms with Gasteiger partial charge in [-0.05, 0) is 24.3 Å². The van der Waals surface area contributed by atoms with Crippen molar-refractivity contribution in [2.75, 3.05) is 24.6 Å². The molecule has 0 saturated heterocycles. The van der Waals surface area contributed by atoms with Gasteiger partial charge in [-0.2, -0.15) is 0 Å². The molecule has 1 aromatic carbocycles. The largest absolute Gasteiger partial charge is 0.478 e. The first-order chi connectivity index (χ1) is 9.10. The summed E-state index contributed by atoms with van der Waals surface area (Å²) < 4.78 is 0. The molecule has 6 heteroatoms. The van der Waals surface area contributed by atoms with E-state index in [1.54, 1.807) is 6.08 Å². The lowest BCUT2D eigenvalue weighted by atomic mass is 10.2. The summed E-state index contributed by atoms with van der Waals surface area (Å²) in [5.41, 5.74) is 0.653. The summed E-state index contributed by atoms with van der Waals surface area (Å²) in [6.45, 7) is 3.74. The van der Waals surface area contributed by atoms with Gasteiger partial charge in [-0.3, -0.25) is 4.90 Å². The Morgan fingerprint density at radius 2 is 1.95 bits per heavy atom. The van der Waals surface area contributed by atoms with Crippen molar-refractivity contribution in [1.29, 1.82) is 0 Å². The molecular formula is C13H16N2O4. The molecule has 0 unspecified atom stereocenters.